The van der Waals surface area contributed by atoms with E-state index in [4.69, 9.17) is 11.6 Å². The van der Waals surface area contributed by atoms with Crippen molar-refractivity contribution in [3.63, 3.8) is 0 Å². The number of pyridine rings is 1. The minimum Gasteiger partial charge on any atom is -0.336 e. The van der Waals surface area contributed by atoms with Crippen LogP contribution in [0.5, 0.6) is 0 Å². The molecule has 6 nitrogen and oxygen atoms in total. The third-order valence-electron chi connectivity index (χ3n) is 5.39. The molecule has 0 unspecified atom stereocenters. The molecule has 5 rings (SSSR count). The molecule has 2 amide bonds. The normalized spacial score (nSPS) is 21.8. The number of piperidine rings is 1. The number of halogens is 1. The van der Waals surface area contributed by atoms with Crippen molar-refractivity contribution in [3.8, 4) is 0 Å². The molecule has 3 saturated heterocycles. The van der Waals surface area contributed by atoms with Gasteiger partial charge in [-0.15, -0.1) is 0 Å². The Morgan fingerprint density at radius 1 is 1.00 bits per heavy atom. The lowest BCUT2D eigenvalue weighted by Gasteiger charge is -2.36. The summed E-state index contributed by atoms with van der Waals surface area (Å²) in [7, 11) is 0. The highest BCUT2D eigenvalue weighted by molar-refractivity contribution is 6.30. The Hall–Kier alpha value is -2.60. The van der Waals surface area contributed by atoms with Crippen LogP contribution >= 0.6 is 11.6 Å². The SMILES string of the molecule is O=C(c1ccccc1)N1C[C@@H]2CC[C@H](C1)N(C(=O)c1c[nH]c(=O)c(Cl)c1)C2. The Balaban J connectivity index is 1.56. The Labute approximate surface area is 161 Å². The quantitative estimate of drug-likeness (QED) is 0.862. The molecule has 7 heteroatoms. The number of nitrogens with zero attached hydrogens (tertiary/aromatic N) is 2. The number of aromatic amines is 1. The minimum absolute atomic E-state index is 0.00159. The van der Waals surface area contributed by atoms with Crippen molar-refractivity contribution in [1.82, 2.24) is 14.8 Å². The first-order valence-electron chi connectivity index (χ1n) is 9.06. The van der Waals surface area contributed by atoms with E-state index in [1.807, 2.05) is 40.1 Å². The van der Waals surface area contributed by atoms with Gasteiger partial charge in [-0.25, -0.2) is 0 Å². The first kappa shape index (κ1) is 17.8. The smallest absolute Gasteiger partial charge is 0.266 e. The topological polar surface area (TPSA) is 73.5 Å². The summed E-state index contributed by atoms with van der Waals surface area (Å²) in [5, 5.41) is 0.00159. The average Bonchev–Trinajstić information content (AvgIpc) is 3.01. The second kappa shape index (κ2) is 7.19. The van der Waals surface area contributed by atoms with Gasteiger partial charge in [0.1, 0.15) is 5.02 Å². The number of aromatic nitrogens is 1. The summed E-state index contributed by atoms with van der Waals surface area (Å²) in [5.41, 5.74) is 0.627. The van der Waals surface area contributed by atoms with Gasteiger partial charge in [0.15, 0.2) is 0 Å². The van der Waals surface area contributed by atoms with Crippen molar-refractivity contribution in [3.05, 3.63) is 69.1 Å². The zero-order valence-corrected chi connectivity index (χ0v) is 15.5. The van der Waals surface area contributed by atoms with E-state index in [1.165, 1.54) is 12.3 Å². The fraction of sp³-hybridized carbons (Fsp3) is 0.350. The molecule has 4 heterocycles. The van der Waals surface area contributed by atoms with Crippen LogP contribution in [0, 0.1) is 5.92 Å². The van der Waals surface area contributed by atoms with E-state index in [0.717, 1.165) is 12.8 Å². The van der Waals surface area contributed by atoms with E-state index in [-0.39, 0.29) is 28.8 Å². The lowest BCUT2D eigenvalue weighted by atomic mass is 9.94. The van der Waals surface area contributed by atoms with Crippen LogP contribution in [-0.2, 0) is 0 Å². The Bertz CT molecular complexity index is 928. The van der Waals surface area contributed by atoms with Gasteiger partial charge in [0.25, 0.3) is 17.4 Å². The highest BCUT2D eigenvalue weighted by atomic mass is 35.5. The third kappa shape index (κ3) is 3.49. The van der Waals surface area contributed by atoms with Crippen LogP contribution in [0.1, 0.15) is 33.6 Å². The van der Waals surface area contributed by atoms with E-state index in [9.17, 15) is 14.4 Å². The third-order valence-corrected chi connectivity index (χ3v) is 5.67. The lowest BCUT2D eigenvalue weighted by Crippen LogP contribution is -2.47. The standard InChI is InChI=1S/C20H20ClN3O3/c21-17-8-15(9-22-18(17)25)20(27)24-11-13-6-7-16(24)12-23(10-13)19(26)14-4-2-1-3-5-14/h1-5,8-9,13,16H,6-7,10-12H2,(H,22,25)/t13-,16+/m0/s1. The van der Waals surface area contributed by atoms with Gasteiger partial charge in [-0.1, -0.05) is 29.8 Å². The molecule has 3 aliphatic rings. The molecule has 0 aliphatic carbocycles. The second-order valence-corrected chi connectivity index (χ2v) is 7.60. The maximum absolute atomic E-state index is 13.0. The summed E-state index contributed by atoms with van der Waals surface area (Å²) in [6, 6.07) is 10.6. The van der Waals surface area contributed by atoms with Gasteiger partial charge in [0.2, 0.25) is 0 Å². The Kier molecular flexibility index (Phi) is 4.74. The van der Waals surface area contributed by atoms with Crippen molar-refractivity contribution in [1.29, 1.82) is 0 Å². The maximum atomic E-state index is 13.0. The number of fused-ring (bicyclic) bond motifs is 4. The summed E-state index contributed by atoms with van der Waals surface area (Å²) in [6.07, 6.45) is 3.27. The number of amides is 2. The molecule has 2 aromatic rings. The highest BCUT2D eigenvalue weighted by Crippen LogP contribution is 2.30. The highest BCUT2D eigenvalue weighted by Gasteiger charge is 2.39. The number of carbonyl (C=O) groups is 2. The molecule has 2 bridgehead atoms. The Morgan fingerprint density at radius 2 is 1.78 bits per heavy atom. The van der Waals surface area contributed by atoms with Crippen LogP contribution in [0.2, 0.25) is 5.02 Å². The number of rotatable bonds is 2. The summed E-state index contributed by atoms with van der Waals surface area (Å²) in [4.78, 5) is 43.5. The number of hydrogen-bond acceptors (Lipinski definition) is 3. The lowest BCUT2D eigenvalue weighted by molar-refractivity contribution is 0.0574. The zero-order valence-electron chi connectivity index (χ0n) is 14.7. The summed E-state index contributed by atoms with van der Waals surface area (Å²) in [6.45, 7) is 1.78. The molecule has 2 atom stereocenters. The first-order chi connectivity index (χ1) is 13.0. The predicted octanol–water partition coefficient (Wildman–Crippen LogP) is 2.41. The average molecular weight is 386 g/mol. The number of nitrogens with one attached hydrogen (secondary N) is 1. The molecule has 140 valence electrons. The van der Waals surface area contributed by atoms with Gasteiger partial charge < -0.3 is 14.8 Å². The van der Waals surface area contributed by atoms with E-state index < -0.39 is 5.56 Å². The maximum Gasteiger partial charge on any atom is 0.266 e. The van der Waals surface area contributed by atoms with Crippen LogP contribution in [0.4, 0.5) is 0 Å². The van der Waals surface area contributed by atoms with E-state index in [0.29, 0.717) is 30.8 Å². The number of benzene rings is 1. The van der Waals surface area contributed by atoms with E-state index >= 15 is 0 Å². The summed E-state index contributed by atoms with van der Waals surface area (Å²) < 4.78 is 0. The molecular formula is C20H20ClN3O3. The molecule has 1 N–H and O–H groups in total. The molecule has 1 aromatic carbocycles. The fourth-order valence-corrected chi connectivity index (χ4v) is 4.18. The monoisotopic (exact) mass is 385 g/mol. The van der Waals surface area contributed by atoms with Crippen molar-refractivity contribution >= 4 is 23.4 Å². The molecule has 0 saturated carbocycles. The van der Waals surface area contributed by atoms with Gasteiger partial charge in [-0.05, 0) is 37.0 Å². The molecule has 0 radical (unpaired) electrons. The van der Waals surface area contributed by atoms with Crippen molar-refractivity contribution < 1.29 is 9.59 Å². The van der Waals surface area contributed by atoms with Crippen molar-refractivity contribution in [2.24, 2.45) is 5.92 Å². The Morgan fingerprint density at radius 3 is 2.52 bits per heavy atom. The van der Waals surface area contributed by atoms with E-state index in [1.54, 1.807) is 0 Å². The number of carbonyl (C=O) groups excluding carboxylic acids is 2. The molecule has 3 aliphatic heterocycles. The predicted molar refractivity (Wildman–Crippen MR) is 102 cm³/mol. The first-order valence-corrected chi connectivity index (χ1v) is 9.44. The largest absolute Gasteiger partial charge is 0.336 e. The van der Waals surface area contributed by atoms with Gasteiger partial charge in [-0.2, -0.15) is 0 Å². The van der Waals surface area contributed by atoms with Crippen LogP contribution in [-0.4, -0.2) is 52.3 Å². The number of hydrogen-bond donors (Lipinski definition) is 1. The molecule has 1 aromatic heterocycles. The zero-order chi connectivity index (χ0) is 19.0. The number of H-pyrrole nitrogens is 1. The molecule has 27 heavy (non-hydrogen) atoms. The van der Waals surface area contributed by atoms with Crippen LogP contribution in [0.3, 0.4) is 0 Å². The van der Waals surface area contributed by atoms with Gasteiger partial charge in [-0.3, -0.25) is 14.4 Å². The molecular weight excluding hydrogens is 366 g/mol. The summed E-state index contributed by atoms with van der Waals surface area (Å²) in [5.74, 6) is 0.101. The minimum atomic E-state index is -0.412. The van der Waals surface area contributed by atoms with Crippen molar-refractivity contribution in [2.45, 2.75) is 18.9 Å². The van der Waals surface area contributed by atoms with Crippen LogP contribution in [0.15, 0.2) is 47.4 Å². The van der Waals surface area contributed by atoms with Crippen molar-refractivity contribution in [2.75, 3.05) is 19.6 Å². The van der Waals surface area contributed by atoms with Gasteiger partial charge in [0.05, 0.1) is 5.56 Å². The van der Waals surface area contributed by atoms with Gasteiger partial charge >= 0.3 is 0 Å². The van der Waals surface area contributed by atoms with Gasteiger partial charge in [0, 0.05) is 37.4 Å². The summed E-state index contributed by atoms with van der Waals surface area (Å²) >= 11 is 5.87. The molecule has 0 spiro atoms. The van der Waals surface area contributed by atoms with E-state index in [2.05, 4.69) is 4.98 Å². The fourth-order valence-electron chi connectivity index (χ4n) is 4.01. The second-order valence-electron chi connectivity index (χ2n) is 7.20. The van der Waals surface area contributed by atoms with Crippen LogP contribution < -0.4 is 5.56 Å². The van der Waals surface area contributed by atoms with Crippen LogP contribution in [0.25, 0.3) is 0 Å². The molecule has 3 fully saturated rings.